The van der Waals surface area contributed by atoms with Crippen molar-refractivity contribution in [3.05, 3.63) is 12.7 Å². The van der Waals surface area contributed by atoms with Gasteiger partial charge < -0.3 is 9.84 Å². The number of rotatable bonds is 2. The van der Waals surface area contributed by atoms with E-state index in [1.807, 2.05) is 0 Å². The highest BCUT2D eigenvalue weighted by molar-refractivity contribution is 5.75. The molecule has 2 heterocycles. The first-order valence-electron chi connectivity index (χ1n) is 4.03. The summed E-state index contributed by atoms with van der Waals surface area (Å²) in [7, 11) is 0. The molecular formula is C7H5F3N4O2. The van der Waals surface area contributed by atoms with Crippen molar-refractivity contribution in [2.45, 2.75) is 13.1 Å². The quantitative estimate of drug-likeness (QED) is 0.826. The molecule has 2 aromatic rings. The summed E-state index contributed by atoms with van der Waals surface area (Å²) in [5, 5.41) is 8.85. The van der Waals surface area contributed by atoms with Crippen LogP contribution in [0.15, 0.2) is 12.7 Å². The number of aliphatic hydroxyl groups excluding tert-OH is 1. The Labute approximate surface area is 86.3 Å². The maximum Gasteiger partial charge on any atom is 0.574 e. The van der Waals surface area contributed by atoms with Gasteiger partial charge in [-0.25, -0.2) is 9.97 Å². The van der Waals surface area contributed by atoms with Crippen molar-refractivity contribution in [3.63, 3.8) is 0 Å². The van der Waals surface area contributed by atoms with Gasteiger partial charge in [-0.3, -0.25) is 4.57 Å². The van der Waals surface area contributed by atoms with E-state index >= 15 is 0 Å². The Hall–Kier alpha value is -1.90. The van der Waals surface area contributed by atoms with Crippen molar-refractivity contribution in [1.29, 1.82) is 0 Å². The Morgan fingerprint density at radius 3 is 2.69 bits per heavy atom. The number of fused-ring (bicyclic) bond motifs is 1. The van der Waals surface area contributed by atoms with Crippen molar-refractivity contribution >= 4 is 11.2 Å². The van der Waals surface area contributed by atoms with Crippen molar-refractivity contribution in [3.8, 4) is 5.88 Å². The monoisotopic (exact) mass is 234 g/mol. The van der Waals surface area contributed by atoms with Crippen LogP contribution in [0.2, 0.25) is 0 Å². The van der Waals surface area contributed by atoms with Crippen LogP contribution in [0.25, 0.3) is 11.2 Å². The fourth-order valence-corrected chi connectivity index (χ4v) is 1.15. The van der Waals surface area contributed by atoms with E-state index in [1.54, 1.807) is 0 Å². The molecule has 1 N–H and O–H groups in total. The van der Waals surface area contributed by atoms with E-state index in [0.29, 0.717) is 0 Å². The van der Waals surface area contributed by atoms with Crippen molar-refractivity contribution in [2.75, 3.05) is 0 Å². The van der Waals surface area contributed by atoms with Crippen LogP contribution in [0, 0.1) is 0 Å². The molecule has 0 amide bonds. The van der Waals surface area contributed by atoms with Crippen molar-refractivity contribution in [2.24, 2.45) is 0 Å². The van der Waals surface area contributed by atoms with E-state index in [4.69, 9.17) is 5.11 Å². The molecule has 0 atom stereocenters. The molecule has 0 aliphatic heterocycles. The second kappa shape index (κ2) is 3.59. The molecule has 0 bridgehead atoms. The van der Waals surface area contributed by atoms with Gasteiger partial charge in [0.1, 0.15) is 13.1 Å². The average Bonchev–Trinajstić information content (AvgIpc) is 2.59. The van der Waals surface area contributed by atoms with Crippen LogP contribution >= 0.6 is 0 Å². The number of hydrogen-bond donors (Lipinski definition) is 1. The minimum absolute atomic E-state index is 0.0664. The predicted octanol–water partition coefficient (Wildman–Crippen LogP) is 0.675. The van der Waals surface area contributed by atoms with Crippen molar-refractivity contribution < 1.29 is 23.0 Å². The summed E-state index contributed by atoms with van der Waals surface area (Å²) in [6.45, 7) is -0.445. The maximum atomic E-state index is 12.0. The normalized spacial score (nSPS) is 12.0. The number of aliphatic hydroxyl groups is 1. The lowest BCUT2D eigenvalue weighted by atomic mass is 10.5. The van der Waals surface area contributed by atoms with Gasteiger partial charge in [0.25, 0.3) is 5.88 Å². The molecule has 6 nitrogen and oxygen atoms in total. The zero-order valence-electron chi connectivity index (χ0n) is 7.64. The average molecular weight is 234 g/mol. The van der Waals surface area contributed by atoms with Gasteiger partial charge in [-0.15, -0.1) is 13.2 Å². The predicted molar refractivity (Wildman–Crippen MR) is 44.2 cm³/mol. The Bertz CT molecular complexity index is 510. The SMILES string of the molecule is OCn1cnc2c(OC(F)(F)F)ncnc21. The van der Waals surface area contributed by atoms with E-state index in [-0.39, 0.29) is 11.2 Å². The fourth-order valence-electron chi connectivity index (χ4n) is 1.15. The van der Waals surface area contributed by atoms with Crippen LogP contribution in [0.5, 0.6) is 5.88 Å². The topological polar surface area (TPSA) is 73.1 Å². The lowest BCUT2D eigenvalue weighted by molar-refractivity contribution is -0.275. The third kappa shape index (κ3) is 1.89. The second-order valence-corrected chi connectivity index (χ2v) is 2.75. The molecule has 0 aromatic carbocycles. The Morgan fingerprint density at radius 1 is 1.31 bits per heavy atom. The van der Waals surface area contributed by atoms with Crippen LogP contribution in [-0.2, 0) is 6.73 Å². The number of aromatic nitrogens is 4. The molecule has 0 radical (unpaired) electrons. The van der Waals surface area contributed by atoms with E-state index < -0.39 is 19.0 Å². The van der Waals surface area contributed by atoms with Gasteiger partial charge in [0.15, 0.2) is 11.2 Å². The molecular weight excluding hydrogens is 229 g/mol. The molecule has 0 unspecified atom stereocenters. The van der Waals surface area contributed by atoms with E-state index in [9.17, 15) is 13.2 Å². The number of hydrogen-bond acceptors (Lipinski definition) is 5. The van der Waals surface area contributed by atoms with E-state index in [0.717, 1.165) is 17.2 Å². The van der Waals surface area contributed by atoms with Gasteiger partial charge in [0, 0.05) is 0 Å². The van der Waals surface area contributed by atoms with Crippen LogP contribution < -0.4 is 4.74 Å². The van der Waals surface area contributed by atoms with E-state index in [1.165, 1.54) is 0 Å². The maximum absolute atomic E-state index is 12.0. The molecule has 0 saturated carbocycles. The van der Waals surface area contributed by atoms with Crippen molar-refractivity contribution in [1.82, 2.24) is 19.5 Å². The van der Waals surface area contributed by atoms with Crippen LogP contribution in [0.4, 0.5) is 13.2 Å². The highest BCUT2D eigenvalue weighted by Gasteiger charge is 2.33. The lowest BCUT2D eigenvalue weighted by Gasteiger charge is -2.07. The zero-order chi connectivity index (χ0) is 11.8. The molecule has 9 heteroatoms. The van der Waals surface area contributed by atoms with Gasteiger partial charge in [-0.05, 0) is 0 Å². The van der Waals surface area contributed by atoms with Gasteiger partial charge in [0.05, 0.1) is 6.33 Å². The molecule has 2 rings (SSSR count). The first kappa shape index (κ1) is 10.6. The Kier molecular flexibility index (Phi) is 2.38. The molecule has 2 aromatic heterocycles. The summed E-state index contributed by atoms with van der Waals surface area (Å²) in [4.78, 5) is 10.6. The third-order valence-corrected chi connectivity index (χ3v) is 1.73. The molecule has 16 heavy (non-hydrogen) atoms. The van der Waals surface area contributed by atoms with Gasteiger partial charge in [-0.1, -0.05) is 0 Å². The number of imidazole rings is 1. The van der Waals surface area contributed by atoms with E-state index in [2.05, 4.69) is 19.7 Å². The third-order valence-electron chi connectivity index (χ3n) is 1.73. The smallest absolute Gasteiger partial charge is 0.385 e. The summed E-state index contributed by atoms with van der Waals surface area (Å²) in [5.74, 6) is -0.690. The highest BCUT2D eigenvalue weighted by atomic mass is 19.4. The number of nitrogens with zero attached hydrogens (tertiary/aromatic N) is 4. The molecule has 0 aliphatic carbocycles. The summed E-state index contributed by atoms with van der Waals surface area (Å²) < 4.78 is 40.8. The number of ether oxygens (including phenoxy) is 1. The summed E-state index contributed by atoms with van der Waals surface area (Å²) >= 11 is 0. The molecule has 0 fully saturated rings. The summed E-state index contributed by atoms with van der Waals surface area (Å²) in [6.07, 6.45) is -2.80. The molecule has 0 saturated heterocycles. The largest absolute Gasteiger partial charge is 0.574 e. The van der Waals surface area contributed by atoms with Crippen LogP contribution in [0.3, 0.4) is 0 Å². The van der Waals surface area contributed by atoms with Gasteiger partial charge in [0.2, 0.25) is 0 Å². The molecule has 0 aliphatic rings. The zero-order valence-corrected chi connectivity index (χ0v) is 7.64. The minimum atomic E-state index is -4.84. The highest BCUT2D eigenvalue weighted by Crippen LogP contribution is 2.25. The minimum Gasteiger partial charge on any atom is -0.385 e. The number of alkyl halides is 3. The molecule has 86 valence electrons. The standard InChI is InChI=1S/C7H5F3N4O2/c8-7(9,10)16-6-4-5(11-1-12-6)14(3-15)2-13-4/h1-2,15H,3H2. The van der Waals surface area contributed by atoms with Gasteiger partial charge in [-0.2, -0.15) is 4.98 Å². The number of halogens is 3. The summed E-state index contributed by atoms with van der Waals surface area (Å²) in [6, 6.07) is 0. The second-order valence-electron chi connectivity index (χ2n) is 2.75. The Morgan fingerprint density at radius 2 is 2.06 bits per heavy atom. The first-order valence-corrected chi connectivity index (χ1v) is 4.03. The van der Waals surface area contributed by atoms with Crippen LogP contribution in [-0.4, -0.2) is 31.0 Å². The fraction of sp³-hybridized carbons (Fsp3) is 0.286. The Balaban J connectivity index is 2.50. The molecule has 0 spiro atoms. The first-order chi connectivity index (χ1) is 7.51. The van der Waals surface area contributed by atoms with Crippen LogP contribution in [0.1, 0.15) is 0 Å². The summed E-state index contributed by atoms with van der Waals surface area (Å²) in [5.41, 5.74) is -0.0920. The lowest BCUT2D eigenvalue weighted by Crippen LogP contribution is -2.18. The van der Waals surface area contributed by atoms with Gasteiger partial charge >= 0.3 is 6.36 Å².